The van der Waals surface area contributed by atoms with E-state index in [1.807, 2.05) is 19.1 Å². The second-order valence-corrected chi connectivity index (χ2v) is 10.2. The Bertz CT molecular complexity index is 1340. The van der Waals surface area contributed by atoms with Gasteiger partial charge in [-0.25, -0.2) is 4.98 Å². The van der Waals surface area contributed by atoms with E-state index in [9.17, 15) is 9.90 Å². The Morgan fingerprint density at radius 3 is 2.60 bits per heavy atom. The largest absolute Gasteiger partial charge is 0.390 e. The quantitative estimate of drug-likeness (QED) is 0.424. The molecule has 2 aliphatic rings. The summed E-state index contributed by atoms with van der Waals surface area (Å²) in [5.74, 6) is -0.517. The van der Waals surface area contributed by atoms with Crippen molar-refractivity contribution in [3.63, 3.8) is 0 Å². The number of nitrogens with two attached hydrogens (primary N) is 2. The molecule has 1 spiro atoms. The van der Waals surface area contributed by atoms with Crippen LogP contribution in [0.25, 0.3) is 11.3 Å². The Labute approximate surface area is 213 Å². The average Bonchev–Trinajstić information content (AvgIpc) is 3.08. The predicted molar refractivity (Wildman–Crippen MR) is 136 cm³/mol. The van der Waals surface area contributed by atoms with Crippen LogP contribution in [0.3, 0.4) is 0 Å². The number of hydrogen-bond donors (Lipinski definition) is 4. The number of amides is 1. The third kappa shape index (κ3) is 3.65. The van der Waals surface area contributed by atoms with E-state index in [4.69, 9.17) is 44.6 Å². The van der Waals surface area contributed by atoms with Gasteiger partial charge in [0.2, 0.25) is 5.91 Å². The molecule has 0 radical (unpaired) electrons. The van der Waals surface area contributed by atoms with E-state index in [0.29, 0.717) is 43.9 Å². The fourth-order valence-corrected chi connectivity index (χ4v) is 6.21. The van der Waals surface area contributed by atoms with Crippen molar-refractivity contribution in [1.29, 1.82) is 0 Å². The van der Waals surface area contributed by atoms with Gasteiger partial charge in [-0.3, -0.25) is 9.78 Å². The zero-order valence-electron chi connectivity index (χ0n) is 19.4. The van der Waals surface area contributed by atoms with Crippen molar-refractivity contribution < 1.29 is 9.90 Å². The maximum atomic E-state index is 12.0. The summed E-state index contributed by atoms with van der Waals surface area (Å²) >= 11 is 12.7. The summed E-state index contributed by atoms with van der Waals surface area (Å²) in [4.78, 5) is 21.8. The fourth-order valence-electron chi connectivity index (χ4n) is 5.82. The molecule has 5 rings (SSSR count). The second kappa shape index (κ2) is 8.84. The molecule has 2 heterocycles. The minimum Gasteiger partial charge on any atom is -0.390 e. The molecule has 1 aromatic heterocycles. The highest BCUT2D eigenvalue weighted by Crippen LogP contribution is 2.57. The Kier molecular flexibility index (Phi) is 6.10. The average molecular weight is 512 g/mol. The summed E-state index contributed by atoms with van der Waals surface area (Å²) in [6.07, 6.45) is 2.38. The number of hydrogen-bond acceptors (Lipinski definition) is 6. The van der Waals surface area contributed by atoms with E-state index in [0.717, 1.165) is 43.5 Å². The van der Waals surface area contributed by atoms with Crippen molar-refractivity contribution in [2.75, 3.05) is 13.1 Å². The van der Waals surface area contributed by atoms with Crippen LogP contribution < -0.4 is 16.8 Å². The summed E-state index contributed by atoms with van der Waals surface area (Å²) in [7, 11) is 0. The molecular formula is C26H27Cl2N5O2. The highest BCUT2D eigenvalue weighted by molar-refractivity contribution is 6.43. The number of carbonyl (C=O) groups is 1. The third-order valence-electron chi connectivity index (χ3n) is 7.62. The number of piperidine rings is 1. The number of nitrogens with one attached hydrogen (secondary N) is 1. The maximum Gasteiger partial charge on any atom is 0.248 e. The Morgan fingerprint density at radius 2 is 1.91 bits per heavy atom. The molecule has 9 heteroatoms. The number of benzene rings is 2. The lowest BCUT2D eigenvalue weighted by Crippen LogP contribution is -2.56. The van der Waals surface area contributed by atoms with Crippen LogP contribution in [0.5, 0.6) is 0 Å². The van der Waals surface area contributed by atoms with Gasteiger partial charge in [-0.1, -0.05) is 41.4 Å². The van der Waals surface area contributed by atoms with Crippen LogP contribution in [0.4, 0.5) is 0 Å². The van der Waals surface area contributed by atoms with Crippen LogP contribution in [-0.2, 0) is 18.6 Å². The van der Waals surface area contributed by atoms with Gasteiger partial charge in [-0.15, -0.1) is 0 Å². The molecule has 0 saturated carbocycles. The highest BCUT2D eigenvalue weighted by Gasteiger charge is 2.58. The number of halogens is 2. The van der Waals surface area contributed by atoms with E-state index in [1.165, 1.54) is 0 Å². The summed E-state index contributed by atoms with van der Waals surface area (Å²) in [5, 5.41) is 14.7. The highest BCUT2D eigenvalue weighted by atomic mass is 35.5. The van der Waals surface area contributed by atoms with Crippen molar-refractivity contribution in [2.24, 2.45) is 16.9 Å². The van der Waals surface area contributed by atoms with Gasteiger partial charge in [0.05, 0.1) is 45.0 Å². The molecule has 7 nitrogen and oxygen atoms in total. The molecule has 3 aromatic rings. The number of nitrogens with zero attached hydrogens (tertiary/aromatic N) is 2. The van der Waals surface area contributed by atoms with Gasteiger partial charge in [-0.05, 0) is 68.6 Å². The van der Waals surface area contributed by atoms with Gasteiger partial charge < -0.3 is 21.9 Å². The standard InChI is InChI=1S/C26H27Cl2N5O2/c1-14-22(17-3-2-4-19(27)21(17)28)33-20(13-34)23(32-14)26(30)18-11-15(24(29)35)5-6-16(18)12-25(26)7-9-31-10-8-25/h2-6,11,31,34H,7-10,12-13,30H2,1H3,(H2,29,35)/t26-/m0/s1. The minimum absolute atomic E-state index is 0.350. The van der Waals surface area contributed by atoms with Crippen molar-refractivity contribution in [2.45, 2.75) is 38.3 Å². The van der Waals surface area contributed by atoms with Crippen molar-refractivity contribution in [3.05, 3.63) is 80.2 Å². The topological polar surface area (TPSA) is 127 Å². The fraction of sp³-hybridized carbons (Fsp3) is 0.346. The molecule has 1 aliphatic heterocycles. The molecule has 1 amide bonds. The number of primary amides is 1. The molecule has 1 fully saturated rings. The normalized spacial score (nSPS) is 20.7. The summed E-state index contributed by atoms with van der Waals surface area (Å²) < 4.78 is 0. The number of carbonyl (C=O) groups excluding carboxylic acids is 1. The molecule has 6 N–H and O–H groups in total. The smallest absolute Gasteiger partial charge is 0.248 e. The van der Waals surface area contributed by atoms with Crippen LogP contribution in [0.15, 0.2) is 36.4 Å². The molecule has 0 unspecified atom stereocenters. The van der Waals surface area contributed by atoms with Gasteiger partial charge in [-0.2, -0.15) is 0 Å². The number of fused-ring (bicyclic) bond motifs is 1. The van der Waals surface area contributed by atoms with E-state index >= 15 is 0 Å². The first-order valence-electron chi connectivity index (χ1n) is 11.6. The van der Waals surface area contributed by atoms with Gasteiger partial charge in [0.1, 0.15) is 0 Å². The van der Waals surface area contributed by atoms with Crippen LogP contribution >= 0.6 is 23.2 Å². The van der Waals surface area contributed by atoms with Crippen LogP contribution in [0.1, 0.15) is 51.4 Å². The van der Waals surface area contributed by atoms with Gasteiger partial charge in [0.25, 0.3) is 0 Å². The lowest BCUT2D eigenvalue weighted by atomic mass is 9.63. The number of aromatic nitrogens is 2. The Balaban J connectivity index is 1.77. The molecule has 35 heavy (non-hydrogen) atoms. The monoisotopic (exact) mass is 511 g/mol. The Morgan fingerprint density at radius 1 is 1.17 bits per heavy atom. The first-order chi connectivity index (χ1) is 16.7. The second-order valence-electron chi connectivity index (χ2n) is 9.46. The Hall–Kier alpha value is -2.55. The van der Waals surface area contributed by atoms with Gasteiger partial charge in [0, 0.05) is 16.5 Å². The summed E-state index contributed by atoms with van der Waals surface area (Å²) in [5.41, 5.74) is 16.6. The van der Waals surface area contributed by atoms with E-state index in [-0.39, 0.29) is 12.0 Å². The lowest BCUT2D eigenvalue weighted by Gasteiger charge is -2.47. The van der Waals surface area contributed by atoms with Gasteiger partial charge in [0.15, 0.2) is 0 Å². The van der Waals surface area contributed by atoms with E-state index in [2.05, 4.69) is 5.32 Å². The van der Waals surface area contributed by atoms with Gasteiger partial charge >= 0.3 is 0 Å². The van der Waals surface area contributed by atoms with E-state index < -0.39 is 11.4 Å². The molecule has 2 aromatic carbocycles. The third-order valence-corrected chi connectivity index (χ3v) is 8.44. The zero-order valence-corrected chi connectivity index (χ0v) is 20.9. The first kappa shape index (κ1) is 24.2. The molecule has 0 bridgehead atoms. The van der Waals surface area contributed by atoms with Crippen molar-refractivity contribution in [3.8, 4) is 11.3 Å². The number of aliphatic hydroxyl groups excluding tert-OH is 1. The number of aryl methyl sites for hydroxylation is 1. The van der Waals surface area contributed by atoms with Crippen LogP contribution in [0, 0.1) is 12.3 Å². The SMILES string of the molecule is Cc1nc([C@@]2(N)c3cc(C(N)=O)ccc3CC23CCNCC3)c(CO)nc1-c1cccc(Cl)c1Cl. The summed E-state index contributed by atoms with van der Waals surface area (Å²) in [6, 6.07) is 10.8. The first-order valence-corrected chi connectivity index (χ1v) is 12.3. The minimum atomic E-state index is -1.07. The molecule has 1 aliphatic carbocycles. The molecule has 182 valence electrons. The van der Waals surface area contributed by atoms with E-state index in [1.54, 1.807) is 24.3 Å². The predicted octanol–water partition coefficient (Wildman–Crippen LogP) is 3.48. The zero-order chi connectivity index (χ0) is 25.0. The van der Waals surface area contributed by atoms with Crippen molar-refractivity contribution >= 4 is 29.1 Å². The van der Waals surface area contributed by atoms with Crippen LogP contribution in [0.2, 0.25) is 10.0 Å². The molecule has 1 atom stereocenters. The molecular weight excluding hydrogens is 485 g/mol. The number of aliphatic hydroxyl groups is 1. The van der Waals surface area contributed by atoms with Crippen LogP contribution in [-0.4, -0.2) is 34.1 Å². The maximum absolute atomic E-state index is 12.0. The number of rotatable bonds is 4. The van der Waals surface area contributed by atoms with Crippen molar-refractivity contribution in [1.82, 2.24) is 15.3 Å². The molecule has 1 saturated heterocycles. The summed E-state index contributed by atoms with van der Waals surface area (Å²) in [6.45, 7) is 3.11. The lowest BCUT2D eigenvalue weighted by molar-refractivity contribution is 0.0999.